The highest BCUT2D eigenvalue weighted by Crippen LogP contribution is 2.25. The molecule has 0 saturated carbocycles. The minimum Gasteiger partial charge on any atom is -0.497 e. The fraction of sp³-hybridized carbons (Fsp3) is 0.222. The van der Waals surface area contributed by atoms with Crippen molar-refractivity contribution in [1.29, 1.82) is 0 Å². The number of hydrogen-bond donors (Lipinski definition) is 1. The van der Waals surface area contributed by atoms with Crippen LogP contribution in [-0.4, -0.2) is 27.8 Å². The standard InChI is InChI=1S/C27H26FN3O3S/c1-17(20-10-12-21(28)13-11-20)29-25(32)18(2)35-27-30-24-7-5-4-6-23(24)26(33)31(27)16-19-8-14-22(34-3)15-9-19/h4-15,17-18H,16H2,1-3H3,(H,29,32)/t17-,18-/m0/s1. The molecule has 0 saturated heterocycles. The lowest BCUT2D eigenvalue weighted by Crippen LogP contribution is -2.34. The lowest BCUT2D eigenvalue weighted by molar-refractivity contribution is -0.120. The first-order valence-corrected chi connectivity index (χ1v) is 12.1. The predicted octanol–water partition coefficient (Wildman–Crippen LogP) is 4.95. The van der Waals surface area contributed by atoms with Crippen molar-refractivity contribution in [2.45, 2.75) is 36.8 Å². The lowest BCUT2D eigenvalue weighted by Gasteiger charge is -2.19. The molecule has 1 N–H and O–H groups in total. The molecule has 4 aromatic rings. The molecule has 0 fully saturated rings. The van der Waals surface area contributed by atoms with E-state index in [1.54, 1.807) is 42.9 Å². The van der Waals surface area contributed by atoms with E-state index in [2.05, 4.69) is 5.32 Å². The Kier molecular flexibility index (Phi) is 7.51. The van der Waals surface area contributed by atoms with Crippen molar-refractivity contribution >= 4 is 28.6 Å². The minimum absolute atomic E-state index is 0.166. The van der Waals surface area contributed by atoms with Crippen molar-refractivity contribution in [2.75, 3.05) is 7.11 Å². The van der Waals surface area contributed by atoms with Gasteiger partial charge in [0, 0.05) is 0 Å². The van der Waals surface area contributed by atoms with Gasteiger partial charge in [-0.15, -0.1) is 0 Å². The van der Waals surface area contributed by atoms with E-state index < -0.39 is 5.25 Å². The second kappa shape index (κ2) is 10.7. The van der Waals surface area contributed by atoms with Gasteiger partial charge in [0.25, 0.3) is 5.56 Å². The van der Waals surface area contributed by atoms with Crippen LogP contribution in [0.25, 0.3) is 10.9 Å². The first-order valence-electron chi connectivity index (χ1n) is 11.2. The van der Waals surface area contributed by atoms with Crippen molar-refractivity contribution in [1.82, 2.24) is 14.9 Å². The summed E-state index contributed by atoms with van der Waals surface area (Å²) in [6.07, 6.45) is 0. The van der Waals surface area contributed by atoms with Crippen molar-refractivity contribution in [2.24, 2.45) is 0 Å². The Morgan fingerprint density at radius 2 is 1.74 bits per heavy atom. The third kappa shape index (κ3) is 5.71. The molecule has 1 heterocycles. The lowest BCUT2D eigenvalue weighted by atomic mass is 10.1. The van der Waals surface area contributed by atoms with E-state index in [0.717, 1.165) is 16.9 Å². The van der Waals surface area contributed by atoms with Crippen LogP contribution in [0.1, 0.15) is 31.0 Å². The first-order chi connectivity index (χ1) is 16.9. The monoisotopic (exact) mass is 491 g/mol. The number of para-hydroxylation sites is 1. The van der Waals surface area contributed by atoms with E-state index in [-0.39, 0.29) is 23.3 Å². The maximum Gasteiger partial charge on any atom is 0.262 e. The fourth-order valence-corrected chi connectivity index (χ4v) is 4.58. The number of ether oxygens (including phenoxy) is 1. The average Bonchev–Trinajstić information content (AvgIpc) is 2.87. The molecular formula is C27H26FN3O3S. The summed E-state index contributed by atoms with van der Waals surface area (Å²) in [5.41, 5.74) is 2.13. The Morgan fingerprint density at radius 1 is 1.06 bits per heavy atom. The number of hydrogen-bond acceptors (Lipinski definition) is 5. The van der Waals surface area contributed by atoms with Gasteiger partial charge in [0.05, 0.1) is 35.8 Å². The Balaban J connectivity index is 1.60. The number of carbonyl (C=O) groups excluding carboxylic acids is 1. The quantitative estimate of drug-likeness (QED) is 0.279. The van der Waals surface area contributed by atoms with E-state index >= 15 is 0 Å². The number of thioether (sulfide) groups is 1. The highest BCUT2D eigenvalue weighted by molar-refractivity contribution is 8.00. The number of halogens is 1. The SMILES string of the molecule is COc1ccc(Cn2c(S[C@@H](C)C(=O)N[C@@H](C)c3ccc(F)cc3)nc3ccccc3c2=O)cc1. The van der Waals surface area contributed by atoms with Crippen LogP contribution in [0.15, 0.2) is 82.7 Å². The molecule has 8 heteroatoms. The molecule has 0 radical (unpaired) electrons. The van der Waals surface area contributed by atoms with E-state index in [4.69, 9.17) is 9.72 Å². The van der Waals surface area contributed by atoms with Gasteiger partial charge in [-0.1, -0.05) is 48.2 Å². The van der Waals surface area contributed by atoms with Crippen LogP contribution in [0.5, 0.6) is 5.75 Å². The zero-order valence-corrected chi connectivity index (χ0v) is 20.5. The summed E-state index contributed by atoms with van der Waals surface area (Å²) in [6, 6.07) is 20.4. The van der Waals surface area contributed by atoms with Gasteiger partial charge >= 0.3 is 0 Å². The number of benzene rings is 3. The molecule has 0 aliphatic carbocycles. The van der Waals surface area contributed by atoms with Crippen molar-refractivity contribution in [3.05, 3.63) is 100 Å². The molecule has 0 spiro atoms. The molecule has 180 valence electrons. The minimum atomic E-state index is -0.520. The molecule has 1 amide bonds. The van der Waals surface area contributed by atoms with E-state index in [1.807, 2.05) is 43.3 Å². The molecule has 0 unspecified atom stereocenters. The van der Waals surface area contributed by atoms with Crippen LogP contribution in [0, 0.1) is 5.82 Å². The summed E-state index contributed by atoms with van der Waals surface area (Å²) in [5.74, 6) is 0.200. The highest BCUT2D eigenvalue weighted by atomic mass is 32.2. The van der Waals surface area contributed by atoms with Gasteiger partial charge in [0.1, 0.15) is 11.6 Å². The van der Waals surface area contributed by atoms with Crippen LogP contribution in [0.3, 0.4) is 0 Å². The smallest absolute Gasteiger partial charge is 0.262 e. The van der Waals surface area contributed by atoms with Gasteiger partial charge in [-0.25, -0.2) is 9.37 Å². The van der Waals surface area contributed by atoms with E-state index in [1.165, 1.54) is 23.9 Å². The number of carbonyl (C=O) groups is 1. The summed E-state index contributed by atoms with van der Waals surface area (Å²) < 4.78 is 20.1. The average molecular weight is 492 g/mol. The predicted molar refractivity (Wildman–Crippen MR) is 136 cm³/mol. The molecule has 1 aromatic heterocycles. The summed E-state index contributed by atoms with van der Waals surface area (Å²) in [4.78, 5) is 31.0. The van der Waals surface area contributed by atoms with Crippen LogP contribution in [0.2, 0.25) is 0 Å². The topological polar surface area (TPSA) is 73.2 Å². The van der Waals surface area contributed by atoms with Gasteiger partial charge < -0.3 is 10.1 Å². The molecule has 6 nitrogen and oxygen atoms in total. The van der Waals surface area contributed by atoms with Gasteiger partial charge in [0.15, 0.2) is 5.16 Å². The van der Waals surface area contributed by atoms with Crippen LogP contribution in [-0.2, 0) is 11.3 Å². The Bertz CT molecular complexity index is 1390. The van der Waals surface area contributed by atoms with Gasteiger partial charge in [-0.2, -0.15) is 0 Å². The Hall–Kier alpha value is -3.65. The number of aromatic nitrogens is 2. The van der Waals surface area contributed by atoms with Crippen LogP contribution < -0.4 is 15.6 Å². The van der Waals surface area contributed by atoms with E-state index in [9.17, 15) is 14.0 Å². The number of fused-ring (bicyclic) bond motifs is 1. The normalized spacial score (nSPS) is 12.8. The van der Waals surface area contributed by atoms with E-state index in [0.29, 0.717) is 22.6 Å². The maximum absolute atomic E-state index is 13.4. The second-order valence-corrected chi connectivity index (χ2v) is 9.50. The second-order valence-electron chi connectivity index (χ2n) is 8.19. The molecule has 3 aromatic carbocycles. The largest absolute Gasteiger partial charge is 0.497 e. The first kappa shape index (κ1) is 24.5. The number of nitrogens with one attached hydrogen (secondary N) is 1. The third-order valence-electron chi connectivity index (χ3n) is 5.71. The van der Waals surface area contributed by atoms with Gasteiger partial charge in [0.2, 0.25) is 5.91 Å². The molecule has 0 aliphatic heterocycles. The molecule has 35 heavy (non-hydrogen) atoms. The zero-order chi connectivity index (χ0) is 24.9. The third-order valence-corrected chi connectivity index (χ3v) is 6.80. The molecule has 4 rings (SSSR count). The zero-order valence-electron chi connectivity index (χ0n) is 19.7. The highest BCUT2D eigenvalue weighted by Gasteiger charge is 2.21. The van der Waals surface area contributed by atoms with Crippen LogP contribution in [0.4, 0.5) is 4.39 Å². The number of nitrogens with zero attached hydrogens (tertiary/aromatic N) is 2. The maximum atomic E-state index is 13.4. The van der Waals surface area contributed by atoms with Gasteiger partial charge in [-0.3, -0.25) is 14.2 Å². The Morgan fingerprint density at radius 3 is 2.43 bits per heavy atom. The molecule has 2 atom stereocenters. The number of amides is 1. The van der Waals surface area contributed by atoms with Crippen molar-refractivity contribution in [3.63, 3.8) is 0 Å². The number of rotatable bonds is 8. The fourth-order valence-electron chi connectivity index (χ4n) is 3.67. The Labute approximate surface area is 207 Å². The summed E-state index contributed by atoms with van der Waals surface area (Å²) in [6.45, 7) is 3.93. The number of methoxy groups -OCH3 is 1. The summed E-state index contributed by atoms with van der Waals surface area (Å²) >= 11 is 1.23. The summed E-state index contributed by atoms with van der Waals surface area (Å²) in [5, 5.41) is 3.42. The molecule has 0 aliphatic rings. The molecule has 0 bridgehead atoms. The van der Waals surface area contributed by atoms with Crippen molar-refractivity contribution < 1.29 is 13.9 Å². The summed E-state index contributed by atoms with van der Waals surface area (Å²) in [7, 11) is 1.60. The van der Waals surface area contributed by atoms with Gasteiger partial charge in [-0.05, 0) is 61.4 Å². The molecular weight excluding hydrogens is 465 g/mol. The van der Waals surface area contributed by atoms with Crippen molar-refractivity contribution in [3.8, 4) is 5.75 Å². The van der Waals surface area contributed by atoms with Crippen LogP contribution >= 0.6 is 11.8 Å².